The van der Waals surface area contributed by atoms with E-state index in [-0.39, 0.29) is 17.4 Å². The number of nitrogens with one attached hydrogen (secondary N) is 1. The monoisotopic (exact) mass is 248 g/mol. The van der Waals surface area contributed by atoms with Crippen molar-refractivity contribution in [3.05, 3.63) is 39.9 Å². The van der Waals surface area contributed by atoms with Gasteiger partial charge in [-0.3, -0.25) is 19.7 Å². The summed E-state index contributed by atoms with van der Waals surface area (Å²) in [5, 5.41) is 13.1. The van der Waals surface area contributed by atoms with E-state index in [0.717, 1.165) is 6.42 Å². The number of rotatable bonds is 3. The summed E-state index contributed by atoms with van der Waals surface area (Å²) in [6, 6.07) is 4.89. The fourth-order valence-corrected chi connectivity index (χ4v) is 1.94. The van der Waals surface area contributed by atoms with E-state index in [1.54, 1.807) is 0 Å². The summed E-state index contributed by atoms with van der Waals surface area (Å²) in [6.45, 7) is 0. The van der Waals surface area contributed by atoms with Crippen molar-refractivity contribution in [3.63, 3.8) is 0 Å². The summed E-state index contributed by atoms with van der Waals surface area (Å²) in [6.07, 6.45) is 1.97. The Morgan fingerprint density at radius 1 is 1.33 bits per heavy atom. The van der Waals surface area contributed by atoms with Gasteiger partial charge in [0.2, 0.25) is 0 Å². The molecule has 1 aliphatic carbocycles. The first-order valence-corrected chi connectivity index (χ1v) is 5.66. The van der Waals surface area contributed by atoms with Crippen LogP contribution in [0, 0.1) is 10.1 Å². The summed E-state index contributed by atoms with van der Waals surface area (Å²) < 4.78 is 0. The van der Waals surface area contributed by atoms with Crippen molar-refractivity contribution in [1.29, 1.82) is 0 Å². The first-order valence-electron chi connectivity index (χ1n) is 5.66. The lowest BCUT2D eigenvalue weighted by Gasteiger charge is -2.10. The number of hydrogen-bond donors (Lipinski definition) is 1. The molecule has 6 nitrogen and oxygen atoms in total. The summed E-state index contributed by atoms with van der Waals surface area (Å²) in [4.78, 5) is 33.1. The fraction of sp³-hybridized carbons (Fsp3) is 0.333. The number of non-ortho nitro benzene ring substituents is 1. The van der Waals surface area contributed by atoms with Crippen LogP contribution in [0.3, 0.4) is 0 Å². The molecular weight excluding hydrogens is 236 g/mol. The predicted molar refractivity (Wildman–Crippen MR) is 63.2 cm³/mol. The number of nitro benzene ring substituents is 1. The molecule has 1 saturated carbocycles. The Balaban J connectivity index is 2.04. The molecule has 1 N–H and O–H groups in total. The van der Waals surface area contributed by atoms with Gasteiger partial charge < -0.3 is 5.32 Å². The molecule has 0 bridgehead atoms. The summed E-state index contributed by atoms with van der Waals surface area (Å²) in [5.74, 6) is -0.324. The Labute approximate surface area is 103 Å². The summed E-state index contributed by atoms with van der Waals surface area (Å²) in [7, 11) is 0. The molecular formula is C12H12N2O4. The van der Waals surface area contributed by atoms with Crippen LogP contribution in [0.25, 0.3) is 0 Å². The SMILES string of the molecule is O=C(N[C@@H]1CCCC1=O)c1ccc([N+](=O)[O-])cc1. The second-order valence-corrected chi connectivity index (χ2v) is 4.19. The number of benzene rings is 1. The van der Waals surface area contributed by atoms with E-state index >= 15 is 0 Å². The van der Waals surface area contributed by atoms with E-state index < -0.39 is 11.0 Å². The third-order valence-electron chi connectivity index (χ3n) is 2.95. The topological polar surface area (TPSA) is 89.3 Å². The van der Waals surface area contributed by atoms with Crippen molar-refractivity contribution in [2.75, 3.05) is 0 Å². The van der Waals surface area contributed by atoms with E-state index in [9.17, 15) is 19.7 Å². The van der Waals surface area contributed by atoms with E-state index in [2.05, 4.69) is 5.32 Å². The number of nitrogens with zero attached hydrogens (tertiary/aromatic N) is 1. The Morgan fingerprint density at radius 3 is 2.50 bits per heavy atom. The lowest BCUT2D eigenvalue weighted by atomic mass is 10.1. The van der Waals surface area contributed by atoms with Crippen LogP contribution in [0.15, 0.2) is 24.3 Å². The van der Waals surface area contributed by atoms with Gasteiger partial charge in [0.1, 0.15) is 0 Å². The lowest BCUT2D eigenvalue weighted by molar-refractivity contribution is -0.384. The molecule has 0 saturated heterocycles. The number of nitro groups is 1. The average Bonchev–Trinajstić information content (AvgIpc) is 2.75. The van der Waals surface area contributed by atoms with E-state index in [0.29, 0.717) is 18.4 Å². The highest BCUT2D eigenvalue weighted by Crippen LogP contribution is 2.16. The van der Waals surface area contributed by atoms with Crippen molar-refractivity contribution >= 4 is 17.4 Å². The van der Waals surface area contributed by atoms with Crippen LogP contribution in [-0.4, -0.2) is 22.7 Å². The molecule has 94 valence electrons. The number of hydrogen-bond acceptors (Lipinski definition) is 4. The van der Waals surface area contributed by atoms with E-state index in [1.165, 1.54) is 24.3 Å². The van der Waals surface area contributed by atoms with Crippen LogP contribution in [0.2, 0.25) is 0 Å². The average molecular weight is 248 g/mol. The maximum absolute atomic E-state index is 11.8. The minimum absolute atomic E-state index is 0.0465. The van der Waals surface area contributed by atoms with Gasteiger partial charge in [0.25, 0.3) is 11.6 Å². The zero-order chi connectivity index (χ0) is 13.1. The molecule has 0 aliphatic heterocycles. The van der Waals surface area contributed by atoms with Gasteiger partial charge in [-0.25, -0.2) is 0 Å². The third kappa shape index (κ3) is 2.53. The van der Waals surface area contributed by atoms with Crippen molar-refractivity contribution in [2.45, 2.75) is 25.3 Å². The molecule has 18 heavy (non-hydrogen) atoms. The van der Waals surface area contributed by atoms with Gasteiger partial charge in [-0.2, -0.15) is 0 Å². The largest absolute Gasteiger partial charge is 0.342 e. The number of Topliss-reactive ketones (excluding diaryl/α,β-unsaturated/α-hetero) is 1. The van der Waals surface area contributed by atoms with Crippen LogP contribution >= 0.6 is 0 Å². The first-order chi connectivity index (χ1) is 8.58. The molecule has 0 unspecified atom stereocenters. The summed E-state index contributed by atoms with van der Waals surface area (Å²) >= 11 is 0. The maximum atomic E-state index is 11.8. The van der Waals surface area contributed by atoms with Gasteiger partial charge in [-0.05, 0) is 25.0 Å². The predicted octanol–water partition coefficient (Wildman–Crippen LogP) is 1.45. The third-order valence-corrected chi connectivity index (χ3v) is 2.95. The quantitative estimate of drug-likeness (QED) is 0.647. The molecule has 2 rings (SSSR count). The highest BCUT2D eigenvalue weighted by Gasteiger charge is 2.26. The normalized spacial score (nSPS) is 18.7. The highest BCUT2D eigenvalue weighted by atomic mass is 16.6. The Hall–Kier alpha value is -2.24. The van der Waals surface area contributed by atoms with E-state index in [4.69, 9.17) is 0 Å². The molecule has 0 spiro atoms. The highest BCUT2D eigenvalue weighted by molar-refractivity contribution is 5.98. The first kappa shape index (κ1) is 12.2. The Morgan fingerprint density at radius 2 is 2.00 bits per heavy atom. The second kappa shape index (κ2) is 4.95. The molecule has 1 aliphatic rings. The standard InChI is InChI=1S/C12H12N2O4/c15-11-3-1-2-10(11)13-12(16)8-4-6-9(7-5-8)14(17)18/h4-7,10H,1-3H2,(H,13,16)/t10-/m1/s1. The Kier molecular flexibility index (Phi) is 3.36. The van der Waals surface area contributed by atoms with Gasteiger partial charge in [0.15, 0.2) is 5.78 Å². The smallest absolute Gasteiger partial charge is 0.269 e. The number of amides is 1. The van der Waals surface area contributed by atoms with Gasteiger partial charge in [0.05, 0.1) is 11.0 Å². The van der Waals surface area contributed by atoms with Crippen LogP contribution in [0.1, 0.15) is 29.6 Å². The zero-order valence-electron chi connectivity index (χ0n) is 9.59. The van der Waals surface area contributed by atoms with Gasteiger partial charge in [0, 0.05) is 24.1 Å². The number of ketones is 1. The molecule has 1 fully saturated rings. The fourth-order valence-electron chi connectivity index (χ4n) is 1.94. The van der Waals surface area contributed by atoms with Crippen LogP contribution in [-0.2, 0) is 4.79 Å². The van der Waals surface area contributed by atoms with Gasteiger partial charge in [-0.15, -0.1) is 0 Å². The molecule has 6 heteroatoms. The molecule has 1 atom stereocenters. The lowest BCUT2D eigenvalue weighted by Crippen LogP contribution is -2.37. The van der Waals surface area contributed by atoms with Crippen molar-refractivity contribution < 1.29 is 14.5 Å². The number of carbonyl (C=O) groups is 2. The van der Waals surface area contributed by atoms with Crippen LogP contribution < -0.4 is 5.32 Å². The molecule has 0 heterocycles. The minimum Gasteiger partial charge on any atom is -0.342 e. The maximum Gasteiger partial charge on any atom is 0.269 e. The number of carbonyl (C=O) groups excluding carboxylic acids is 2. The molecule has 1 amide bonds. The molecule has 0 radical (unpaired) electrons. The summed E-state index contributed by atoms with van der Waals surface area (Å²) in [5.41, 5.74) is 0.254. The Bertz CT molecular complexity index is 495. The van der Waals surface area contributed by atoms with Gasteiger partial charge >= 0.3 is 0 Å². The molecule has 1 aromatic rings. The zero-order valence-corrected chi connectivity index (χ0v) is 9.59. The van der Waals surface area contributed by atoms with Crippen molar-refractivity contribution in [2.24, 2.45) is 0 Å². The van der Waals surface area contributed by atoms with Crippen molar-refractivity contribution in [3.8, 4) is 0 Å². The van der Waals surface area contributed by atoms with E-state index in [1.807, 2.05) is 0 Å². The second-order valence-electron chi connectivity index (χ2n) is 4.19. The van der Waals surface area contributed by atoms with Crippen LogP contribution in [0.4, 0.5) is 5.69 Å². The van der Waals surface area contributed by atoms with Crippen LogP contribution in [0.5, 0.6) is 0 Å². The van der Waals surface area contributed by atoms with Crippen molar-refractivity contribution in [1.82, 2.24) is 5.32 Å². The molecule has 0 aromatic heterocycles. The molecule has 1 aromatic carbocycles. The minimum atomic E-state index is -0.526. The van der Waals surface area contributed by atoms with Gasteiger partial charge in [-0.1, -0.05) is 0 Å².